The van der Waals surface area contributed by atoms with Crippen LogP contribution < -0.4 is 5.32 Å². The number of amides is 1. The van der Waals surface area contributed by atoms with Gasteiger partial charge in [-0.05, 0) is 19.3 Å². The second kappa shape index (κ2) is 3.23. The number of carbonyl (C=O) groups excluding carboxylic acids is 1. The Bertz CT molecular complexity index is 244. The summed E-state index contributed by atoms with van der Waals surface area (Å²) in [5, 5.41) is 3.09. The summed E-state index contributed by atoms with van der Waals surface area (Å²) >= 11 is 0. The van der Waals surface area contributed by atoms with E-state index in [-0.39, 0.29) is 17.4 Å². The Hall–Kier alpha value is -0.570. The molecule has 1 amide bonds. The number of ether oxygens (including phenoxy) is 1. The van der Waals surface area contributed by atoms with Crippen LogP contribution in [0.3, 0.4) is 0 Å². The minimum absolute atomic E-state index is 0.138. The van der Waals surface area contributed by atoms with Gasteiger partial charge in [-0.1, -0.05) is 20.8 Å². The van der Waals surface area contributed by atoms with Crippen LogP contribution in [0, 0.1) is 5.41 Å². The Morgan fingerprint density at radius 1 is 1.36 bits per heavy atom. The average Bonchev–Trinajstić information content (AvgIpc) is 2.81. The van der Waals surface area contributed by atoms with Crippen LogP contribution in [0.15, 0.2) is 0 Å². The highest BCUT2D eigenvalue weighted by Gasteiger charge is 2.48. The van der Waals surface area contributed by atoms with Gasteiger partial charge < -0.3 is 10.1 Å². The summed E-state index contributed by atoms with van der Waals surface area (Å²) in [4.78, 5) is 11.7. The average molecular weight is 197 g/mol. The van der Waals surface area contributed by atoms with Crippen molar-refractivity contribution in [2.45, 2.75) is 58.3 Å². The summed E-state index contributed by atoms with van der Waals surface area (Å²) in [6.07, 6.45) is 4.18. The zero-order valence-corrected chi connectivity index (χ0v) is 9.17. The first kappa shape index (κ1) is 9.97. The van der Waals surface area contributed by atoms with E-state index in [1.165, 1.54) is 12.8 Å². The van der Waals surface area contributed by atoms with E-state index in [0.29, 0.717) is 12.2 Å². The molecule has 1 N–H and O–H groups in total. The van der Waals surface area contributed by atoms with Crippen LogP contribution in [-0.2, 0) is 9.53 Å². The molecule has 2 rings (SSSR count). The molecule has 2 fully saturated rings. The van der Waals surface area contributed by atoms with Crippen molar-refractivity contribution in [3.05, 3.63) is 0 Å². The van der Waals surface area contributed by atoms with Gasteiger partial charge in [-0.3, -0.25) is 4.79 Å². The molecule has 1 aliphatic heterocycles. The Balaban J connectivity index is 1.88. The minimum atomic E-state index is -0.290. The number of fused-ring (bicyclic) bond motifs is 1. The largest absolute Gasteiger partial charge is 0.367 e. The van der Waals surface area contributed by atoms with Gasteiger partial charge in [0.05, 0.1) is 12.1 Å². The molecule has 0 aromatic heterocycles. The molecular weight excluding hydrogens is 178 g/mol. The Morgan fingerprint density at radius 2 is 2.07 bits per heavy atom. The molecule has 3 heteroatoms. The van der Waals surface area contributed by atoms with Crippen molar-refractivity contribution < 1.29 is 9.53 Å². The lowest BCUT2D eigenvalue weighted by Crippen LogP contribution is -2.45. The molecule has 3 nitrogen and oxygen atoms in total. The quantitative estimate of drug-likeness (QED) is 0.647. The first-order valence-corrected chi connectivity index (χ1v) is 5.45. The van der Waals surface area contributed by atoms with Gasteiger partial charge in [0.1, 0.15) is 6.10 Å². The van der Waals surface area contributed by atoms with Crippen LogP contribution in [0.5, 0.6) is 0 Å². The highest BCUT2D eigenvalue weighted by molar-refractivity contribution is 5.81. The van der Waals surface area contributed by atoms with E-state index in [9.17, 15) is 4.79 Å². The second-order valence-electron chi connectivity index (χ2n) is 5.40. The Morgan fingerprint density at radius 3 is 2.71 bits per heavy atom. The fourth-order valence-electron chi connectivity index (χ4n) is 1.99. The first-order chi connectivity index (χ1) is 6.48. The van der Waals surface area contributed by atoms with Crippen molar-refractivity contribution in [1.29, 1.82) is 0 Å². The SMILES string of the molecule is CC(C)(C)C(=O)N[C@@H]1CCC[C@@H]2O[C@@H]21. The van der Waals surface area contributed by atoms with Gasteiger partial charge in [0.2, 0.25) is 5.91 Å². The summed E-state index contributed by atoms with van der Waals surface area (Å²) in [6, 6.07) is 0.264. The molecule has 0 spiro atoms. The van der Waals surface area contributed by atoms with Crippen molar-refractivity contribution >= 4 is 5.91 Å². The standard InChI is InChI=1S/C11H19NO2/c1-11(2,3)10(13)12-7-5-4-6-8-9(7)14-8/h7-9H,4-6H2,1-3H3,(H,12,13)/t7-,8+,9-/m1/s1. The lowest BCUT2D eigenvalue weighted by Gasteiger charge is -2.25. The molecule has 1 saturated heterocycles. The van der Waals surface area contributed by atoms with Crippen LogP contribution in [0.2, 0.25) is 0 Å². The topological polar surface area (TPSA) is 41.6 Å². The number of epoxide rings is 1. The monoisotopic (exact) mass is 197 g/mol. The van der Waals surface area contributed by atoms with E-state index >= 15 is 0 Å². The summed E-state index contributed by atoms with van der Waals surface area (Å²) in [6.45, 7) is 5.82. The summed E-state index contributed by atoms with van der Waals surface area (Å²) in [7, 11) is 0. The number of hydrogen-bond acceptors (Lipinski definition) is 2. The van der Waals surface area contributed by atoms with E-state index < -0.39 is 0 Å². The molecule has 0 aromatic rings. The number of nitrogens with one attached hydrogen (secondary N) is 1. The molecule has 80 valence electrons. The molecule has 3 atom stereocenters. The Kier molecular flexibility index (Phi) is 2.30. The number of rotatable bonds is 1. The smallest absolute Gasteiger partial charge is 0.225 e. The van der Waals surface area contributed by atoms with Gasteiger partial charge in [-0.25, -0.2) is 0 Å². The Labute approximate surface area is 85.2 Å². The molecule has 2 aliphatic rings. The normalized spacial score (nSPS) is 36.1. The van der Waals surface area contributed by atoms with Gasteiger partial charge in [0, 0.05) is 5.41 Å². The third kappa shape index (κ3) is 1.92. The predicted molar refractivity (Wildman–Crippen MR) is 53.9 cm³/mol. The van der Waals surface area contributed by atoms with Crippen LogP contribution in [0.1, 0.15) is 40.0 Å². The molecular formula is C11H19NO2. The molecule has 1 aliphatic carbocycles. The molecule has 0 bridgehead atoms. The second-order valence-corrected chi connectivity index (χ2v) is 5.40. The van der Waals surface area contributed by atoms with Crippen molar-refractivity contribution in [2.75, 3.05) is 0 Å². The highest BCUT2D eigenvalue weighted by Crippen LogP contribution is 2.36. The van der Waals surface area contributed by atoms with E-state index in [1.807, 2.05) is 20.8 Å². The van der Waals surface area contributed by atoms with Crippen LogP contribution in [0.25, 0.3) is 0 Å². The van der Waals surface area contributed by atoms with Gasteiger partial charge in [-0.2, -0.15) is 0 Å². The molecule has 14 heavy (non-hydrogen) atoms. The van der Waals surface area contributed by atoms with E-state index in [2.05, 4.69) is 5.32 Å². The third-order valence-electron chi connectivity index (χ3n) is 3.02. The maximum atomic E-state index is 11.7. The fraction of sp³-hybridized carbons (Fsp3) is 0.909. The molecule has 0 radical (unpaired) electrons. The van der Waals surface area contributed by atoms with E-state index in [0.717, 1.165) is 6.42 Å². The van der Waals surface area contributed by atoms with Crippen molar-refractivity contribution in [1.82, 2.24) is 5.32 Å². The zero-order valence-electron chi connectivity index (χ0n) is 9.17. The van der Waals surface area contributed by atoms with Crippen molar-refractivity contribution in [2.24, 2.45) is 5.41 Å². The molecule has 0 unspecified atom stereocenters. The molecule has 1 saturated carbocycles. The number of carbonyl (C=O) groups is 1. The third-order valence-corrected chi connectivity index (χ3v) is 3.02. The van der Waals surface area contributed by atoms with Gasteiger partial charge in [0.15, 0.2) is 0 Å². The summed E-state index contributed by atoms with van der Waals surface area (Å²) in [5.74, 6) is 0.138. The van der Waals surface area contributed by atoms with Gasteiger partial charge >= 0.3 is 0 Å². The van der Waals surface area contributed by atoms with E-state index in [1.54, 1.807) is 0 Å². The van der Waals surface area contributed by atoms with Crippen LogP contribution >= 0.6 is 0 Å². The summed E-state index contributed by atoms with van der Waals surface area (Å²) < 4.78 is 5.49. The first-order valence-electron chi connectivity index (χ1n) is 5.45. The lowest BCUT2D eigenvalue weighted by atomic mass is 9.91. The lowest BCUT2D eigenvalue weighted by molar-refractivity contribution is -0.129. The van der Waals surface area contributed by atoms with Gasteiger partial charge in [-0.15, -0.1) is 0 Å². The highest BCUT2D eigenvalue weighted by atomic mass is 16.6. The zero-order chi connectivity index (χ0) is 10.3. The number of hydrogen-bond donors (Lipinski definition) is 1. The fourth-order valence-corrected chi connectivity index (χ4v) is 1.99. The van der Waals surface area contributed by atoms with Gasteiger partial charge in [0.25, 0.3) is 0 Å². The van der Waals surface area contributed by atoms with E-state index in [4.69, 9.17) is 4.74 Å². The molecule has 0 aromatic carbocycles. The van der Waals surface area contributed by atoms with Crippen LogP contribution in [-0.4, -0.2) is 24.2 Å². The van der Waals surface area contributed by atoms with Crippen molar-refractivity contribution in [3.63, 3.8) is 0 Å². The predicted octanol–water partition coefficient (Wildman–Crippen LogP) is 1.47. The molecule has 1 heterocycles. The summed E-state index contributed by atoms with van der Waals surface area (Å²) in [5.41, 5.74) is -0.290. The van der Waals surface area contributed by atoms with Crippen molar-refractivity contribution in [3.8, 4) is 0 Å². The van der Waals surface area contributed by atoms with Crippen LogP contribution in [0.4, 0.5) is 0 Å². The minimum Gasteiger partial charge on any atom is -0.367 e. The maximum absolute atomic E-state index is 11.7. The maximum Gasteiger partial charge on any atom is 0.225 e.